The Morgan fingerprint density at radius 1 is 1.18 bits per heavy atom. The van der Waals surface area contributed by atoms with E-state index in [9.17, 15) is 14.4 Å². The Hall–Kier alpha value is -3.88. The molecule has 0 atom stereocenters. The van der Waals surface area contributed by atoms with E-state index in [0.717, 1.165) is 35.9 Å². The first-order chi connectivity index (χ1) is 16.5. The monoisotopic (exact) mass is 461 g/mol. The summed E-state index contributed by atoms with van der Waals surface area (Å²) < 4.78 is 6.82. The summed E-state index contributed by atoms with van der Waals surface area (Å²) in [5.41, 5.74) is 1.97. The van der Waals surface area contributed by atoms with Crippen LogP contribution < -0.4 is 16.0 Å². The van der Waals surface area contributed by atoms with E-state index in [-0.39, 0.29) is 11.3 Å². The number of carbonyl (C=O) groups excluding carboxylic acids is 1. The molecule has 0 aliphatic carbocycles. The first-order valence-electron chi connectivity index (χ1n) is 11.6. The van der Waals surface area contributed by atoms with Gasteiger partial charge in [0.25, 0.3) is 11.5 Å². The molecule has 34 heavy (non-hydrogen) atoms. The molecule has 1 saturated heterocycles. The van der Waals surface area contributed by atoms with Crippen LogP contribution in [-0.2, 0) is 6.54 Å². The maximum absolute atomic E-state index is 13.2. The number of H-pyrrole nitrogens is 2. The van der Waals surface area contributed by atoms with Crippen LogP contribution in [0.2, 0.25) is 0 Å². The van der Waals surface area contributed by atoms with Gasteiger partial charge >= 0.3 is 5.69 Å². The molecule has 4 aromatic rings. The van der Waals surface area contributed by atoms with Crippen LogP contribution in [-0.4, -0.2) is 50.5 Å². The summed E-state index contributed by atoms with van der Waals surface area (Å²) in [4.78, 5) is 49.5. The Balaban J connectivity index is 1.36. The molecule has 1 amide bonds. The Labute approximate surface area is 195 Å². The fourth-order valence-corrected chi connectivity index (χ4v) is 4.88. The van der Waals surface area contributed by atoms with Crippen molar-refractivity contribution >= 4 is 27.8 Å². The zero-order valence-corrected chi connectivity index (χ0v) is 19.3. The van der Waals surface area contributed by atoms with Crippen LogP contribution in [0.4, 0.5) is 0 Å². The van der Waals surface area contributed by atoms with Gasteiger partial charge in [0.2, 0.25) is 0 Å². The fraction of sp³-hybridized carbons (Fsp3) is 0.360. The Bertz CT molecular complexity index is 1490. The number of hydrogen-bond acceptors (Lipinski definition) is 5. The highest BCUT2D eigenvalue weighted by Gasteiger charge is 2.27. The largest absolute Gasteiger partial charge is 0.497 e. The van der Waals surface area contributed by atoms with E-state index in [1.54, 1.807) is 13.2 Å². The van der Waals surface area contributed by atoms with Gasteiger partial charge in [-0.1, -0.05) is 6.92 Å². The first-order valence-corrected chi connectivity index (χ1v) is 11.6. The number of likely N-dealkylation sites (tertiary alicyclic amines) is 1. The molecule has 0 bridgehead atoms. The summed E-state index contributed by atoms with van der Waals surface area (Å²) in [6.45, 7) is 3.62. The molecule has 176 valence electrons. The van der Waals surface area contributed by atoms with Gasteiger partial charge in [-0.25, -0.2) is 9.78 Å². The summed E-state index contributed by atoms with van der Waals surface area (Å²) in [6, 6.07) is 7.56. The summed E-state index contributed by atoms with van der Waals surface area (Å²) in [5, 5.41) is 1.40. The highest BCUT2D eigenvalue weighted by atomic mass is 16.5. The molecule has 0 unspecified atom stereocenters. The van der Waals surface area contributed by atoms with Crippen LogP contribution >= 0.6 is 0 Å². The molecule has 1 aromatic carbocycles. The number of rotatable bonds is 5. The smallest absolute Gasteiger partial charge is 0.329 e. The van der Waals surface area contributed by atoms with Gasteiger partial charge in [-0.3, -0.25) is 19.1 Å². The van der Waals surface area contributed by atoms with Crippen molar-refractivity contribution in [1.29, 1.82) is 0 Å². The van der Waals surface area contributed by atoms with Gasteiger partial charge < -0.3 is 14.6 Å². The number of carbonyl (C=O) groups is 1. The molecule has 0 spiro atoms. The molecule has 9 nitrogen and oxygen atoms in total. The second-order valence-corrected chi connectivity index (χ2v) is 8.73. The Morgan fingerprint density at radius 2 is 1.97 bits per heavy atom. The molecule has 0 radical (unpaired) electrons. The van der Waals surface area contributed by atoms with E-state index in [1.807, 2.05) is 24.0 Å². The highest BCUT2D eigenvalue weighted by Crippen LogP contribution is 2.35. The number of fused-ring (bicyclic) bond motifs is 2. The average molecular weight is 462 g/mol. The predicted octanol–water partition coefficient (Wildman–Crippen LogP) is 3.00. The van der Waals surface area contributed by atoms with Gasteiger partial charge in [0.15, 0.2) is 0 Å². The highest BCUT2D eigenvalue weighted by molar-refractivity contribution is 5.96. The van der Waals surface area contributed by atoms with E-state index >= 15 is 0 Å². The van der Waals surface area contributed by atoms with Crippen molar-refractivity contribution in [2.24, 2.45) is 0 Å². The number of ether oxygens (including phenoxy) is 1. The van der Waals surface area contributed by atoms with E-state index in [0.29, 0.717) is 36.8 Å². The third kappa shape index (κ3) is 3.76. The fourth-order valence-electron chi connectivity index (χ4n) is 4.88. The SMILES string of the molecule is CCCn1c(=O)[nH]c(=O)c2cc(C(=O)N3CCC(c4c[nH]c5ccc(OC)cc45)CC3)cnc21. The lowest BCUT2D eigenvalue weighted by Crippen LogP contribution is -2.38. The standard InChI is InChI=1S/C25H27N5O4/c1-3-8-30-22-19(23(31)28-25(30)33)11-16(13-27-22)24(32)29-9-6-15(7-10-29)20-14-26-21-5-4-17(34-2)12-18(20)21/h4-5,11-15,26H,3,6-10H2,1-2H3,(H,28,31,33). The number of benzene rings is 1. The zero-order chi connectivity index (χ0) is 23.8. The minimum atomic E-state index is -0.525. The average Bonchev–Trinajstić information content (AvgIpc) is 3.29. The maximum atomic E-state index is 13.2. The van der Waals surface area contributed by atoms with Gasteiger partial charge in [-0.2, -0.15) is 0 Å². The molecule has 1 aliphatic rings. The number of hydrogen-bond donors (Lipinski definition) is 2. The second kappa shape index (κ2) is 8.81. The molecular weight excluding hydrogens is 434 g/mol. The van der Waals surface area contributed by atoms with Gasteiger partial charge in [-0.15, -0.1) is 0 Å². The normalized spacial score (nSPS) is 14.7. The number of aryl methyl sites for hydroxylation is 1. The van der Waals surface area contributed by atoms with E-state index in [2.05, 4.69) is 27.2 Å². The molecule has 3 aromatic heterocycles. The number of piperidine rings is 1. The Morgan fingerprint density at radius 3 is 2.71 bits per heavy atom. The number of aromatic amines is 2. The van der Waals surface area contributed by atoms with Crippen molar-refractivity contribution in [3.05, 3.63) is 68.6 Å². The van der Waals surface area contributed by atoms with E-state index in [1.165, 1.54) is 16.3 Å². The van der Waals surface area contributed by atoms with Crippen molar-refractivity contribution in [2.45, 2.75) is 38.6 Å². The number of pyridine rings is 1. The number of nitrogens with zero attached hydrogens (tertiary/aromatic N) is 3. The van der Waals surface area contributed by atoms with Crippen LogP contribution in [0.25, 0.3) is 21.9 Å². The third-order valence-electron chi connectivity index (χ3n) is 6.67. The minimum absolute atomic E-state index is 0.152. The molecule has 0 saturated carbocycles. The van der Waals surface area contributed by atoms with Crippen LogP contribution in [0.5, 0.6) is 5.75 Å². The lowest BCUT2D eigenvalue weighted by Gasteiger charge is -2.32. The molecule has 2 N–H and O–H groups in total. The van der Waals surface area contributed by atoms with Gasteiger partial charge in [0, 0.05) is 42.9 Å². The maximum Gasteiger partial charge on any atom is 0.329 e. The summed E-state index contributed by atoms with van der Waals surface area (Å²) in [7, 11) is 1.66. The zero-order valence-electron chi connectivity index (χ0n) is 19.3. The van der Waals surface area contributed by atoms with Gasteiger partial charge in [0.05, 0.1) is 18.1 Å². The molecular formula is C25H27N5O4. The van der Waals surface area contributed by atoms with E-state index in [4.69, 9.17) is 4.74 Å². The van der Waals surface area contributed by atoms with Crippen LogP contribution in [0.15, 0.2) is 46.2 Å². The first kappa shape index (κ1) is 21.9. The van der Waals surface area contributed by atoms with Crippen LogP contribution in [0, 0.1) is 0 Å². The topological polar surface area (TPSA) is 113 Å². The van der Waals surface area contributed by atoms with Gasteiger partial charge in [0.1, 0.15) is 11.4 Å². The molecule has 4 heterocycles. The number of aromatic nitrogens is 4. The molecule has 1 aliphatic heterocycles. The Kier molecular flexibility index (Phi) is 5.69. The minimum Gasteiger partial charge on any atom is -0.497 e. The van der Waals surface area contributed by atoms with Crippen molar-refractivity contribution in [2.75, 3.05) is 20.2 Å². The van der Waals surface area contributed by atoms with Crippen LogP contribution in [0.3, 0.4) is 0 Å². The summed E-state index contributed by atoms with van der Waals surface area (Å²) in [5.74, 6) is 1.01. The molecule has 9 heteroatoms. The van der Waals surface area contributed by atoms with E-state index < -0.39 is 11.2 Å². The lowest BCUT2D eigenvalue weighted by molar-refractivity contribution is 0.0713. The number of amides is 1. The second-order valence-electron chi connectivity index (χ2n) is 8.73. The van der Waals surface area contributed by atoms with Crippen molar-refractivity contribution in [3.8, 4) is 5.75 Å². The number of methoxy groups -OCH3 is 1. The molecule has 1 fully saturated rings. The summed E-state index contributed by atoms with van der Waals surface area (Å²) in [6.07, 6.45) is 5.93. The predicted molar refractivity (Wildman–Crippen MR) is 130 cm³/mol. The lowest BCUT2D eigenvalue weighted by atomic mass is 9.89. The summed E-state index contributed by atoms with van der Waals surface area (Å²) >= 11 is 0. The number of nitrogens with one attached hydrogen (secondary N) is 2. The quantitative estimate of drug-likeness (QED) is 0.474. The third-order valence-corrected chi connectivity index (χ3v) is 6.67. The van der Waals surface area contributed by atoms with Crippen LogP contribution in [0.1, 0.15) is 48.0 Å². The van der Waals surface area contributed by atoms with Crippen molar-refractivity contribution in [3.63, 3.8) is 0 Å². The van der Waals surface area contributed by atoms with Crippen molar-refractivity contribution < 1.29 is 9.53 Å². The molecule has 5 rings (SSSR count). The van der Waals surface area contributed by atoms with Crippen molar-refractivity contribution in [1.82, 2.24) is 24.4 Å². The van der Waals surface area contributed by atoms with Gasteiger partial charge in [-0.05, 0) is 55.0 Å².